The molecule has 0 atom stereocenters. The second kappa shape index (κ2) is 10.2. The van der Waals surface area contributed by atoms with E-state index in [0.717, 1.165) is 24.5 Å². The van der Waals surface area contributed by atoms with Gasteiger partial charge in [0.2, 0.25) is 0 Å². The van der Waals surface area contributed by atoms with E-state index in [4.69, 9.17) is 4.74 Å². The Morgan fingerprint density at radius 2 is 1.93 bits per heavy atom. The molecule has 0 unspecified atom stereocenters. The fourth-order valence-electron chi connectivity index (χ4n) is 3.02. The van der Waals surface area contributed by atoms with Gasteiger partial charge in [-0.1, -0.05) is 18.2 Å². The lowest BCUT2D eigenvalue weighted by molar-refractivity contribution is -0.384. The Labute approximate surface area is 168 Å². The van der Waals surface area contributed by atoms with Crippen molar-refractivity contribution >= 4 is 23.2 Å². The van der Waals surface area contributed by atoms with E-state index in [1.807, 2.05) is 12.1 Å². The first-order valence-electron chi connectivity index (χ1n) is 9.41. The van der Waals surface area contributed by atoms with Crippen molar-refractivity contribution in [1.29, 1.82) is 0 Å². The van der Waals surface area contributed by atoms with E-state index in [9.17, 15) is 14.9 Å². The molecule has 3 N–H and O–H groups in total. The molecule has 1 saturated heterocycles. The summed E-state index contributed by atoms with van der Waals surface area (Å²) in [6.45, 7) is 3.91. The van der Waals surface area contributed by atoms with E-state index in [1.165, 1.54) is 6.07 Å². The molecule has 10 nitrogen and oxygen atoms in total. The summed E-state index contributed by atoms with van der Waals surface area (Å²) in [7, 11) is 0. The second-order valence-corrected chi connectivity index (χ2v) is 6.40. The molecule has 2 amide bonds. The molecule has 3 rings (SSSR count). The standard InChI is InChI=1S/C19H24N6O4/c26-19(22-9-8-20-16-5-1-2-6-17(16)25(27)28)23-14-15-4-3-7-21-18(15)24-10-12-29-13-11-24/h1-7,20H,8-14H2,(H2,22,23,26). The molecule has 0 saturated carbocycles. The Kier molecular flexibility index (Phi) is 7.17. The monoisotopic (exact) mass is 400 g/mol. The average Bonchev–Trinajstić information content (AvgIpc) is 2.76. The van der Waals surface area contributed by atoms with Crippen molar-refractivity contribution in [2.24, 2.45) is 0 Å². The van der Waals surface area contributed by atoms with Crippen LogP contribution < -0.4 is 20.9 Å². The van der Waals surface area contributed by atoms with Crippen LogP contribution in [-0.2, 0) is 11.3 Å². The zero-order valence-electron chi connectivity index (χ0n) is 16.0. The van der Waals surface area contributed by atoms with E-state index in [1.54, 1.807) is 24.4 Å². The fourth-order valence-corrected chi connectivity index (χ4v) is 3.02. The molecule has 0 spiro atoms. The summed E-state index contributed by atoms with van der Waals surface area (Å²) in [5, 5.41) is 19.5. The maximum Gasteiger partial charge on any atom is 0.315 e. The molecule has 1 fully saturated rings. The minimum Gasteiger partial charge on any atom is -0.378 e. The minimum atomic E-state index is -0.442. The van der Waals surface area contributed by atoms with Crippen LogP contribution in [0.25, 0.3) is 0 Å². The second-order valence-electron chi connectivity index (χ2n) is 6.40. The lowest BCUT2D eigenvalue weighted by Crippen LogP contribution is -2.39. The van der Waals surface area contributed by atoms with E-state index in [0.29, 0.717) is 38.5 Å². The third-order valence-corrected chi connectivity index (χ3v) is 4.44. The predicted molar refractivity (Wildman–Crippen MR) is 109 cm³/mol. The summed E-state index contributed by atoms with van der Waals surface area (Å²) in [6.07, 6.45) is 1.74. The number of ether oxygens (including phenoxy) is 1. The molecule has 2 aromatic rings. The normalized spacial score (nSPS) is 13.6. The van der Waals surface area contributed by atoms with Crippen molar-refractivity contribution in [3.05, 3.63) is 58.3 Å². The SMILES string of the molecule is O=C(NCCNc1ccccc1[N+](=O)[O-])NCc1cccnc1N1CCOCC1. The number of nitrogens with zero attached hydrogens (tertiary/aromatic N) is 3. The molecule has 0 bridgehead atoms. The molecular formula is C19H24N6O4. The number of aromatic nitrogens is 1. The Balaban J connectivity index is 1.44. The number of pyridine rings is 1. The number of para-hydroxylation sites is 2. The summed E-state index contributed by atoms with van der Waals surface area (Å²) in [4.78, 5) is 29.2. The molecule has 1 aliphatic rings. The van der Waals surface area contributed by atoms with Crippen LogP contribution in [0.4, 0.5) is 22.0 Å². The van der Waals surface area contributed by atoms with E-state index in [2.05, 4.69) is 25.8 Å². The molecule has 1 aliphatic heterocycles. The van der Waals surface area contributed by atoms with Crippen LogP contribution in [0, 0.1) is 10.1 Å². The number of morpholine rings is 1. The number of nitrogens with one attached hydrogen (secondary N) is 3. The van der Waals surface area contributed by atoms with Crippen LogP contribution in [-0.4, -0.2) is 55.3 Å². The Bertz CT molecular complexity index is 841. The summed E-state index contributed by atoms with van der Waals surface area (Å²) >= 11 is 0. The topological polar surface area (TPSA) is 122 Å². The quantitative estimate of drug-likeness (QED) is 0.350. The highest BCUT2D eigenvalue weighted by Crippen LogP contribution is 2.22. The number of hydrogen-bond acceptors (Lipinski definition) is 7. The van der Waals surface area contributed by atoms with Crippen molar-refractivity contribution in [2.75, 3.05) is 49.6 Å². The van der Waals surface area contributed by atoms with E-state index in [-0.39, 0.29) is 11.7 Å². The van der Waals surface area contributed by atoms with Gasteiger partial charge in [0.05, 0.1) is 18.1 Å². The molecule has 1 aromatic heterocycles. The van der Waals surface area contributed by atoms with Crippen LogP contribution >= 0.6 is 0 Å². The lowest BCUT2D eigenvalue weighted by Gasteiger charge is -2.29. The van der Waals surface area contributed by atoms with Crippen LogP contribution in [0.15, 0.2) is 42.6 Å². The number of rotatable bonds is 8. The van der Waals surface area contributed by atoms with Gasteiger partial charge in [0.1, 0.15) is 11.5 Å². The predicted octanol–water partition coefficient (Wildman–Crippen LogP) is 1.74. The largest absolute Gasteiger partial charge is 0.378 e. The van der Waals surface area contributed by atoms with E-state index < -0.39 is 4.92 Å². The van der Waals surface area contributed by atoms with Crippen molar-refractivity contribution in [2.45, 2.75) is 6.54 Å². The highest BCUT2D eigenvalue weighted by atomic mass is 16.6. The first-order valence-corrected chi connectivity index (χ1v) is 9.41. The van der Waals surface area contributed by atoms with E-state index >= 15 is 0 Å². The van der Waals surface area contributed by atoms with Crippen LogP contribution in [0.3, 0.4) is 0 Å². The third-order valence-electron chi connectivity index (χ3n) is 4.44. The van der Waals surface area contributed by atoms with Crippen LogP contribution in [0.5, 0.6) is 0 Å². The molecule has 0 radical (unpaired) electrons. The Morgan fingerprint density at radius 1 is 1.14 bits per heavy atom. The summed E-state index contributed by atoms with van der Waals surface area (Å²) in [5.41, 5.74) is 1.36. The maximum atomic E-state index is 12.1. The van der Waals surface area contributed by atoms with Gasteiger partial charge in [-0.15, -0.1) is 0 Å². The van der Waals surface area contributed by atoms with Gasteiger partial charge in [0.15, 0.2) is 0 Å². The van der Waals surface area contributed by atoms with Crippen LogP contribution in [0.1, 0.15) is 5.56 Å². The van der Waals surface area contributed by atoms with Crippen molar-refractivity contribution in [1.82, 2.24) is 15.6 Å². The molecule has 1 aromatic carbocycles. The van der Waals surface area contributed by atoms with Crippen molar-refractivity contribution in [3.63, 3.8) is 0 Å². The van der Waals surface area contributed by atoms with Crippen molar-refractivity contribution in [3.8, 4) is 0 Å². The van der Waals surface area contributed by atoms with Gasteiger partial charge in [-0.25, -0.2) is 9.78 Å². The summed E-state index contributed by atoms with van der Waals surface area (Å²) < 4.78 is 5.37. The molecule has 2 heterocycles. The molecule has 0 aliphatic carbocycles. The van der Waals surface area contributed by atoms with Crippen LogP contribution in [0.2, 0.25) is 0 Å². The zero-order valence-corrected chi connectivity index (χ0v) is 16.0. The maximum absolute atomic E-state index is 12.1. The highest BCUT2D eigenvalue weighted by Gasteiger charge is 2.16. The third kappa shape index (κ3) is 5.79. The number of hydrogen-bond donors (Lipinski definition) is 3. The van der Waals surface area contributed by atoms with Gasteiger partial charge >= 0.3 is 6.03 Å². The number of nitro groups is 1. The number of benzene rings is 1. The zero-order chi connectivity index (χ0) is 20.5. The number of anilines is 2. The number of nitro benzene ring substituents is 1. The first-order chi connectivity index (χ1) is 14.1. The summed E-state index contributed by atoms with van der Waals surface area (Å²) in [5.74, 6) is 0.856. The molecule has 10 heteroatoms. The Hall–Kier alpha value is -3.40. The van der Waals surface area contributed by atoms with Gasteiger partial charge in [-0.05, 0) is 12.1 Å². The van der Waals surface area contributed by atoms with Gasteiger partial charge in [-0.3, -0.25) is 10.1 Å². The number of amides is 2. The summed E-state index contributed by atoms with van der Waals surface area (Å²) in [6, 6.07) is 9.86. The van der Waals surface area contributed by atoms with Crippen molar-refractivity contribution < 1.29 is 14.5 Å². The average molecular weight is 400 g/mol. The molecule has 29 heavy (non-hydrogen) atoms. The van der Waals surface area contributed by atoms with Gasteiger partial charge < -0.3 is 25.6 Å². The highest BCUT2D eigenvalue weighted by molar-refractivity contribution is 5.74. The van der Waals surface area contributed by atoms with Gasteiger partial charge in [0.25, 0.3) is 5.69 Å². The molecule has 154 valence electrons. The van der Waals surface area contributed by atoms with Gasteiger partial charge in [0, 0.05) is 50.6 Å². The minimum absolute atomic E-state index is 0.00386. The number of carbonyl (C=O) groups is 1. The number of urea groups is 1. The lowest BCUT2D eigenvalue weighted by atomic mass is 10.2. The van der Waals surface area contributed by atoms with Gasteiger partial charge in [-0.2, -0.15) is 0 Å². The molecular weight excluding hydrogens is 376 g/mol. The first kappa shape index (κ1) is 20.3. The smallest absolute Gasteiger partial charge is 0.315 e. The Morgan fingerprint density at radius 3 is 2.72 bits per heavy atom. The fraction of sp³-hybridized carbons (Fsp3) is 0.368. The number of carbonyl (C=O) groups excluding carboxylic acids is 1.